The summed E-state index contributed by atoms with van der Waals surface area (Å²) in [4.78, 5) is 34.3. The third-order valence-corrected chi connectivity index (χ3v) is 4.40. The molecule has 0 atom stereocenters. The molecule has 4 rings (SSSR count). The Morgan fingerprint density at radius 3 is 1.89 bits per heavy atom. The zero-order chi connectivity index (χ0) is 20.0. The Hall–Kier alpha value is -3.67. The summed E-state index contributed by atoms with van der Waals surface area (Å²) in [6, 6.07) is 12.4. The quantitative estimate of drug-likeness (QED) is 0.393. The van der Waals surface area contributed by atoms with E-state index in [1.807, 2.05) is 12.1 Å². The van der Waals surface area contributed by atoms with Gasteiger partial charge < -0.3 is 14.2 Å². The number of carbonyl (C=O) groups excluding carboxylic acids is 3. The van der Waals surface area contributed by atoms with Crippen LogP contribution in [0.4, 0.5) is 0 Å². The molecule has 0 bridgehead atoms. The van der Waals surface area contributed by atoms with Crippen LogP contribution >= 0.6 is 0 Å². The average Bonchev–Trinajstić information content (AvgIpc) is 2.90. The van der Waals surface area contributed by atoms with Gasteiger partial charge in [-0.2, -0.15) is 0 Å². The largest absolute Gasteiger partial charge is 0.427 e. The minimum absolute atomic E-state index is 0.359. The first-order valence-corrected chi connectivity index (χ1v) is 8.64. The van der Waals surface area contributed by atoms with Crippen molar-refractivity contribution in [3.63, 3.8) is 0 Å². The summed E-state index contributed by atoms with van der Waals surface area (Å²) in [7, 11) is 0. The zero-order valence-corrected chi connectivity index (χ0v) is 15.5. The molecule has 0 saturated heterocycles. The van der Waals surface area contributed by atoms with Crippen LogP contribution in [0.3, 0.4) is 0 Å². The number of hydrogen-bond acceptors (Lipinski definition) is 6. The van der Waals surface area contributed by atoms with Gasteiger partial charge in [-0.1, -0.05) is 6.07 Å². The Balaban J connectivity index is 1.98. The molecule has 3 aromatic carbocycles. The van der Waals surface area contributed by atoms with Crippen LogP contribution in [-0.2, 0) is 14.4 Å². The van der Waals surface area contributed by atoms with E-state index in [1.165, 1.54) is 20.8 Å². The molecule has 1 aliphatic carbocycles. The molecule has 0 aliphatic heterocycles. The van der Waals surface area contributed by atoms with Crippen molar-refractivity contribution in [2.75, 3.05) is 0 Å². The van der Waals surface area contributed by atoms with Crippen molar-refractivity contribution >= 4 is 28.7 Å². The summed E-state index contributed by atoms with van der Waals surface area (Å²) in [5.74, 6) is -0.103. The lowest BCUT2D eigenvalue weighted by molar-refractivity contribution is -0.132. The lowest BCUT2D eigenvalue weighted by Crippen LogP contribution is -2.03. The molecule has 0 amide bonds. The minimum atomic E-state index is -0.444. The molecular weight excluding hydrogens is 360 g/mol. The van der Waals surface area contributed by atoms with Gasteiger partial charge in [0.1, 0.15) is 17.2 Å². The number of rotatable bonds is 3. The fourth-order valence-electron chi connectivity index (χ4n) is 3.55. The van der Waals surface area contributed by atoms with Crippen LogP contribution in [0.2, 0.25) is 0 Å². The smallest absolute Gasteiger partial charge is 0.308 e. The van der Waals surface area contributed by atoms with Crippen LogP contribution in [0.1, 0.15) is 20.8 Å². The molecule has 6 heteroatoms. The number of hydrogen-bond donors (Lipinski definition) is 0. The van der Waals surface area contributed by atoms with Crippen molar-refractivity contribution < 1.29 is 28.6 Å². The van der Waals surface area contributed by atoms with Gasteiger partial charge in [-0.25, -0.2) is 0 Å². The fourth-order valence-corrected chi connectivity index (χ4v) is 3.55. The van der Waals surface area contributed by atoms with Crippen molar-refractivity contribution in [2.24, 2.45) is 0 Å². The van der Waals surface area contributed by atoms with Gasteiger partial charge in [0.05, 0.1) is 0 Å². The van der Waals surface area contributed by atoms with Crippen LogP contribution < -0.4 is 14.2 Å². The van der Waals surface area contributed by atoms with E-state index in [0.29, 0.717) is 22.6 Å². The van der Waals surface area contributed by atoms with Crippen LogP contribution in [0.15, 0.2) is 42.5 Å². The van der Waals surface area contributed by atoms with Gasteiger partial charge >= 0.3 is 17.9 Å². The first-order chi connectivity index (χ1) is 13.3. The normalized spacial score (nSPS) is 11.1. The number of benzene rings is 3. The first-order valence-electron chi connectivity index (χ1n) is 8.64. The van der Waals surface area contributed by atoms with Crippen LogP contribution in [0, 0.1) is 0 Å². The molecule has 140 valence electrons. The predicted octanol–water partition coefficient (Wildman–Crippen LogP) is 4.26. The van der Waals surface area contributed by atoms with E-state index in [4.69, 9.17) is 14.2 Å². The molecule has 28 heavy (non-hydrogen) atoms. The molecule has 1 aliphatic rings. The van der Waals surface area contributed by atoms with Crippen molar-refractivity contribution in [1.82, 2.24) is 0 Å². The lowest BCUT2D eigenvalue weighted by Gasteiger charge is -2.11. The fraction of sp³-hybridized carbons (Fsp3) is 0.136. The highest BCUT2D eigenvalue weighted by Gasteiger charge is 2.25. The van der Waals surface area contributed by atoms with Crippen molar-refractivity contribution in [3.05, 3.63) is 42.5 Å². The second kappa shape index (κ2) is 6.49. The molecule has 0 radical (unpaired) electrons. The number of esters is 3. The summed E-state index contributed by atoms with van der Waals surface area (Å²) < 4.78 is 15.9. The maximum Gasteiger partial charge on any atom is 0.308 e. The summed E-state index contributed by atoms with van der Waals surface area (Å²) in [5.41, 5.74) is 3.55. The SMILES string of the molecule is CC(=O)Oc1ccc2c(c1)-c1ccc(OC(C)=O)c3cc(OC(C)=O)cc-2c13. The Morgan fingerprint density at radius 2 is 1.21 bits per heavy atom. The number of fused-ring (bicyclic) bond motifs is 3. The summed E-state index contributed by atoms with van der Waals surface area (Å²) >= 11 is 0. The highest BCUT2D eigenvalue weighted by Crippen LogP contribution is 2.51. The molecule has 3 aromatic rings. The van der Waals surface area contributed by atoms with Gasteiger partial charge in [0, 0.05) is 31.5 Å². The Bertz CT molecular complexity index is 1180. The summed E-state index contributed by atoms with van der Waals surface area (Å²) in [6.45, 7) is 4.00. The van der Waals surface area contributed by atoms with E-state index < -0.39 is 17.9 Å². The molecule has 0 heterocycles. The van der Waals surface area contributed by atoms with Crippen LogP contribution in [0.5, 0.6) is 17.2 Å². The maximum atomic E-state index is 11.5. The average molecular weight is 376 g/mol. The van der Waals surface area contributed by atoms with Gasteiger partial charge in [0.2, 0.25) is 0 Å². The van der Waals surface area contributed by atoms with Crippen LogP contribution in [0.25, 0.3) is 33.0 Å². The van der Waals surface area contributed by atoms with Crippen molar-refractivity contribution in [1.29, 1.82) is 0 Å². The Morgan fingerprint density at radius 1 is 0.607 bits per heavy atom. The van der Waals surface area contributed by atoms with E-state index in [1.54, 1.807) is 30.3 Å². The van der Waals surface area contributed by atoms with E-state index in [-0.39, 0.29) is 0 Å². The van der Waals surface area contributed by atoms with Crippen LogP contribution in [-0.4, -0.2) is 17.9 Å². The molecule has 0 N–H and O–H groups in total. The molecule has 6 nitrogen and oxygen atoms in total. The third kappa shape index (κ3) is 2.99. The van der Waals surface area contributed by atoms with Gasteiger partial charge in [0.25, 0.3) is 0 Å². The van der Waals surface area contributed by atoms with Gasteiger partial charge in [-0.05, 0) is 58.7 Å². The molecule has 0 unspecified atom stereocenters. The van der Waals surface area contributed by atoms with E-state index in [9.17, 15) is 14.4 Å². The zero-order valence-electron chi connectivity index (χ0n) is 15.5. The highest BCUT2D eigenvalue weighted by molar-refractivity contribution is 6.17. The highest BCUT2D eigenvalue weighted by atomic mass is 16.5. The van der Waals surface area contributed by atoms with Gasteiger partial charge in [-0.15, -0.1) is 0 Å². The second-order valence-electron chi connectivity index (χ2n) is 6.49. The van der Waals surface area contributed by atoms with E-state index in [0.717, 1.165) is 27.6 Å². The van der Waals surface area contributed by atoms with Crippen molar-refractivity contribution in [2.45, 2.75) is 20.8 Å². The molecule has 0 saturated carbocycles. The monoisotopic (exact) mass is 376 g/mol. The summed E-state index contributed by atoms with van der Waals surface area (Å²) in [5, 5.41) is 1.54. The lowest BCUT2D eigenvalue weighted by atomic mass is 10.0. The topological polar surface area (TPSA) is 78.9 Å². The molecule has 0 spiro atoms. The minimum Gasteiger partial charge on any atom is -0.427 e. The summed E-state index contributed by atoms with van der Waals surface area (Å²) in [6.07, 6.45) is 0. The Kier molecular flexibility index (Phi) is 4.11. The van der Waals surface area contributed by atoms with E-state index >= 15 is 0 Å². The molecule has 0 fully saturated rings. The predicted molar refractivity (Wildman–Crippen MR) is 102 cm³/mol. The van der Waals surface area contributed by atoms with Gasteiger partial charge in [0.15, 0.2) is 0 Å². The standard InChI is InChI=1S/C22H16O6/c1-11(23)26-14-4-5-16-18(8-14)17-6-7-21(28-13(3)25)20-10-15(27-12(2)24)9-19(16)22(17)20/h4-10H,1-3H3. The molecular formula is C22H16O6. The molecule has 0 aromatic heterocycles. The first kappa shape index (κ1) is 17.7. The Labute approximate surface area is 160 Å². The van der Waals surface area contributed by atoms with E-state index in [2.05, 4.69) is 0 Å². The third-order valence-electron chi connectivity index (χ3n) is 4.40. The van der Waals surface area contributed by atoms with Crippen molar-refractivity contribution in [3.8, 4) is 39.5 Å². The number of carbonyl (C=O) groups is 3. The van der Waals surface area contributed by atoms with Gasteiger partial charge in [-0.3, -0.25) is 14.4 Å². The second-order valence-corrected chi connectivity index (χ2v) is 6.49. The maximum absolute atomic E-state index is 11.5. The number of ether oxygens (including phenoxy) is 3.